The SMILES string of the molecule is COc1ccc(Br)c(NC(C)CCCO)c1. The Kier molecular flexibility index (Phi) is 5.63. The summed E-state index contributed by atoms with van der Waals surface area (Å²) in [7, 11) is 1.65. The molecule has 0 heterocycles. The first-order valence-electron chi connectivity index (χ1n) is 5.38. The predicted molar refractivity (Wildman–Crippen MR) is 70.1 cm³/mol. The minimum Gasteiger partial charge on any atom is -0.497 e. The Hall–Kier alpha value is -0.740. The van der Waals surface area contributed by atoms with Crippen molar-refractivity contribution >= 4 is 21.6 Å². The van der Waals surface area contributed by atoms with Gasteiger partial charge < -0.3 is 15.2 Å². The molecule has 0 aliphatic heterocycles. The summed E-state index contributed by atoms with van der Waals surface area (Å²) in [5, 5.41) is 12.1. The molecular weight excluding hydrogens is 270 g/mol. The molecule has 0 saturated carbocycles. The van der Waals surface area contributed by atoms with E-state index in [0.29, 0.717) is 6.04 Å². The first-order chi connectivity index (χ1) is 7.67. The molecule has 0 amide bonds. The van der Waals surface area contributed by atoms with Gasteiger partial charge in [-0.3, -0.25) is 0 Å². The Morgan fingerprint density at radius 1 is 1.50 bits per heavy atom. The molecule has 4 heteroatoms. The molecule has 0 radical (unpaired) electrons. The standard InChI is InChI=1S/C12H18BrNO2/c1-9(4-3-7-15)14-12-8-10(16-2)5-6-11(12)13/h5-6,8-9,14-15H,3-4,7H2,1-2H3. The van der Waals surface area contributed by atoms with E-state index in [1.807, 2.05) is 18.2 Å². The van der Waals surface area contributed by atoms with Crippen molar-refractivity contribution in [1.29, 1.82) is 0 Å². The van der Waals surface area contributed by atoms with Crippen molar-refractivity contribution in [3.63, 3.8) is 0 Å². The lowest BCUT2D eigenvalue weighted by molar-refractivity contribution is 0.282. The van der Waals surface area contributed by atoms with Crippen molar-refractivity contribution in [3.8, 4) is 5.75 Å². The summed E-state index contributed by atoms with van der Waals surface area (Å²) in [6, 6.07) is 6.16. The molecule has 1 aromatic carbocycles. The summed E-state index contributed by atoms with van der Waals surface area (Å²) < 4.78 is 6.19. The van der Waals surface area contributed by atoms with E-state index < -0.39 is 0 Å². The van der Waals surface area contributed by atoms with Gasteiger partial charge >= 0.3 is 0 Å². The van der Waals surface area contributed by atoms with Crippen LogP contribution in [0.1, 0.15) is 19.8 Å². The van der Waals surface area contributed by atoms with Crippen LogP contribution in [0.15, 0.2) is 22.7 Å². The Balaban J connectivity index is 2.64. The van der Waals surface area contributed by atoms with Gasteiger partial charge in [-0.2, -0.15) is 0 Å². The molecule has 1 aromatic rings. The fraction of sp³-hybridized carbons (Fsp3) is 0.500. The second-order valence-electron chi connectivity index (χ2n) is 3.76. The number of halogens is 1. The second-order valence-corrected chi connectivity index (χ2v) is 4.61. The molecule has 16 heavy (non-hydrogen) atoms. The van der Waals surface area contributed by atoms with Gasteiger partial charge in [-0.25, -0.2) is 0 Å². The van der Waals surface area contributed by atoms with Gasteiger partial charge in [-0.05, 0) is 47.8 Å². The lowest BCUT2D eigenvalue weighted by Crippen LogP contribution is -2.15. The van der Waals surface area contributed by atoms with Crippen molar-refractivity contribution in [2.75, 3.05) is 19.0 Å². The van der Waals surface area contributed by atoms with Crippen LogP contribution in [0, 0.1) is 0 Å². The Bertz CT molecular complexity index is 331. The quantitative estimate of drug-likeness (QED) is 0.845. The molecule has 1 atom stereocenters. The largest absolute Gasteiger partial charge is 0.497 e. The number of anilines is 1. The molecular formula is C12H18BrNO2. The summed E-state index contributed by atoms with van der Waals surface area (Å²) in [6.45, 7) is 2.34. The van der Waals surface area contributed by atoms with Crippen LogP contribution in [0.3, 0.4) is 0 Å². The number of aliphatic hydroxyl groups excluding tert-OH is 1. The average molecular weight is 288 g/mol. The molecule has 0 aromatic heterocycles. The van der Waals surface area contributed by atoms with Gasteiger partial charge in [0, 0.05) is 23.2 Å². The van der Waals surface area contributed by atoms with Gasteiger partial charge in [-0.1, -0.05) is 0 Å². The highest BCUT2D eigenvalue weighted by molar-refractivity contribution is 9.10. The maximum atomic E-state index is 8.76. The molecule has 90 valence electrons. The Labute approximate surface area is 105 Å². The summed E-state index contributed by atoms with van der Waals surface area (Å²) >= 11 is 3.49. The van der Waals surface area contributed by atoms with E-state index >= 15 is 0 Å². The normalized spacial score (nSPS) is 12.2. The third-order valence-electron chi connectivity index (χ3n) is 2.37. The lowest BCUT2D eigenvalue weighted by atomic mass is 10.2. The molecule has 0 fully saturated rings. The van der Waals surface area contributed by atoms with Crippen LogP contribution in [0.4, 0.5) is 5.69 Å². The highest BCUT2D eigenvalue weighted by atomic mass is 79.9. The zero-order chi connectivity index (χ0) is 12.0. The summed E-state index contributed by atoms with van der Waals surface area (Å²) in [4.78, 5) is 0. The average Bonchev–Trinajstić information content (AvgIpc) is 2.29. The molecule has 0 aliphatic rings. The summed E-state index contributed by atoms with van der Waals surface area (Å²) in [5.41, 5.74) is 1.02. The van der Waals surface area contributed by atoms with E-state index in [1.54, 1.807) is 7.11 Å². The van der Waals surface area contributed by atoms with Crippen molar-refractivity contribution in [3.05, 3.63) is 22.7 Å². The molecule has 1 unspecified atom stereocenters. The molecule has 1 rings (SSSR count). The van der Waals surface area contributed by atoms with Gasteiger partial charge in [0.2, 0.25) is 0 Å². The summed E-state index contributed by atoms with van der Waals surface area (Å²) in [6.07, 6.45) is 1.76. The number of nitrogens with one attached hydrogen (secondary N) is 1. The van der Waals surface area contributed by atoms with Crippen LogP contribution in [0.5, 0.6) is 5.75 Å². The number of rotatable bonds is 6. The molecule has 0 saturated heterocycles. The smallest absolute Gasteiger partial charge is 0.121 e. The Morgan fingerprint density at radius 2 is 2.25 bits per heavy atom. The number of methoxy groups -OCH3 is 1. The topological polar surface area (TPSA) is 41.5 Å². The number of hydrogen-bond acceptors (Lipinski definition) is 3. The molecule has 0 aliphatic carbocycles. The maximum absolute atomic E-state index is 8.76. The van der Waals surface area contributed by atoms with Crippen LogP contribution in [-0.2, 0) is 0 Å². The number of aliphatic hydroxyl groups is 1. The van der Waals surface area contributed by atoms with E-state index in [4.69, 9.17) is 9.84 Å². The van der Waals surface area contributed by atoms with Gasteiger partial charge in [0.05, 0.1) is 12.8 Å². The third-order valence-corrected chi connectivity index (χ3v) is 3.06. The molecule has 2 N–H and O–H groups in total. The second kappa shape index (κ2) is 6.76. The van der Waals surface area contributed by atoms with Gasteiger partial charge in [0.1, 0.15) is 5.75 Å². The van der Waals surface area contributed by atoms with Crippen LogP contribution in [-0.4, -0.2) is 24.9 Å². The minimum atomic E-state index is 0.241. The van der Waals surface area contributed by atoms with Gasteiger partial charge in [0.15, 0.2) is 0 Å². The molecule has 0 bridgehead atoms. The van der Waals surface area contributed by atoms with E-state index in [9.17, 15) is 0 Å². The first kappa shape index (κ1) is 13.3. The highest BCUT2D eigenvalue weighted by Gasteiger charge is 2.06. The monoisotopic (exact) mass is 287 g/mol. The van der Waals surface area contributed by atoms with Gasteiger partial charge in [-0.15, -0.1) is 0 Å². The fourth-order valence-corrected chi connectivity index (χ4v) is 1.84. The van der Waals surface area contributed by atoms with Crippen LogP contribution >= 0.6 is 15.9 Å². The van der Waals surface area contributed by atoms with Crippen LogP contribution < -0.4 is 10.1 Å². The minimum absolute atomic E-state index is 0.241. The van der Waals surface area contributed by atoms with E-state index in [1.165, 1.54) is 0 Å². The number of benzene rings is 1. The number of hydrogen-bond donors (Lipinski definition) is 2. The highest BCUT2D eigenvalue weighted by Crippen LogP contribution is 2.27. The zero-order valence-corrected chi connectivity index (χ0v) is 11.3. The van der Waals surface area contributed by atoms with Crippen molar-refractivity contribution in [2.24, 2.45) is 0 Å². The fourth-order valence-electron chi connectivity index (χ4n) is 1.48. The van der Waals surface area contributed by atoms with Crippen molar-refractivity contribution < 1.29 is 9.84 Å². The maximum Gasteiger partial charge on any atom is 0.121 e. The first-order valence-corrected chi connectivity index (χ1v) is 6.17. The summed E-state index contributed by atoms with van der Waals surface area (Å²) in [5.74, 6) is 0.833. The number of ether oxygens (including phenoxy) is 1. The predicted octanol–water partition coefficient (Wildman–Crippen LogP) is 3.03. The lowest BCUT2D eigenvalue weighted by Gasteiger charge is -2.16. The van der Waals surface area contributed by atoms with E-state index in [2.05, 4.69) is 28.2 Å². The van der Waals surface area contributed by atoms with Crippen LogP contribution in [0.25, 0.3) is 0 Å². The van der Waals surface area contributed by atoms with E-state index in [0.717, 1.165) is 28.8 Å². The molecule has 0 spiro atoms. The van der Waals surface area contributed by atoms with Gasteiger partial charge in [0.25, 0.3) is 0 Å². The van der Waals surface area contributed by atoms with Crippen LogP contribution in [0.2, 0.25) is 0 Å². The zero-order valence-electron chi connectivity index (χ0n) is 9.66. The molecule has 3 nitrogen and oxygen atoms in total. The third kappa shape index (κ3) is 4.02. The van der Waals surface area contributed by atoms with Crippen molar-refractivity contribution in [1.82, 2.24) is 0 Å². The van der Waals surface area contributed by atoms with Crippen molar-refractivity contribution in [2.45, 2.75) is 25.8 Å². The Morgan fingerprint density at radius 3 is 2.88 bits per heavy atom. The van der Waals surface area contributed by atoms with E-state index in [-0.39, 0.29) is 6.61 Å².